The Bertz CT molecular complexity index is 110. The Morgan fingerprint density at radius 2 is 2.12 bits per heavy atom. The second kappa shape index (κ2) is 1.74. The zero-order valence-corrected chi connectivity index (χ0v) is 4.37. The fraction of sp³-hybridized carbons (Fsp3) is 0.800. The first-order chi connectivity index (χ1) is 3.72. The lowest BCUT2D eigenvalue weighted by Crippen LogP contribution is -2.37. The van der Waals surface area contributed by atoms with E-state index in [2.05, 4.69) is 0 Å². The summed E-state index contributed by atoms with van der Waals surface area (Å²) in [6.45, 7) is 0. The van der Waals surface area contributed by atoms with Crippen molar-refractivity contribution in [3.8, 4) is 0 Å². The quantitative estimate of drug-likeness (QED) is 0.500. The first kappa shape index (κ1) is 5.56. The van der Waals surface area contributed by atoms with Crippen molar-refractivity contribution in [3.05, 3.63) is 0 Å². The molecule has 0 bridgehead atoms. The normalized spacial score (nSPS) is 36.1. The van der Waals surface area contributed by atoms with Gasteiger partial charge in [0.15, 0.2) is 0 Å². The first-order valence-electron chi connectivity index (χ1n) is 2.62. The maximum Gasteiger partial charge on any atom is 0.309 e. The molecule has 1 aliphatic carbocycles. The van der Waals surface area contributed by atoms with Gasteiger partial charge in [0.1, 0.15) is 0 Å². The summed E-state index contributed by atoms with van der Waals surface area (Å²) in [4.78, 5) is 10.0. The van der Waals surface area contributed by atoms with Crippen LogP contribution in [0.15, 0.2) is 0 Å². The smallest absolute Gasteiger partial charge is 0.309 e. The highest BCUT2D eigenvalue weighted by atomic mass is 16.4. The molecule has 0 aromatic rings. The van der Waals surface area contributed by atoms with Crippen LogP contribution in [0.1, 0.15) is 12.8 Å². The van der Waals surface area contributed by atoms with Gasteiger partial charge in [-0.2, -0.15) is 0 Å². The van der Waals surface area contributed by atoms with Crippen molar-refractivity contribution in [2.45, 2.75) is 18.9 Å². The van der Waals surface area contributed by atoms with Crippen molar-refractivity contribution < 1.29 is 15.0 Å². The molecule has 1 aliphatic rings. The molecule has 3 nitrogen and oxygen atoms in total. The van der Waals surface area contributed by atoms with E-state index in [1.54, 1.807) is 0 Å². The van der Waals surface area contributed by atoms with Gasteiger partial charge in [0.25, 0.3) is 0 Å². The van der Waals surface area contributed by atoms with E-state index >= 15 is 0 Å². The van der Waals surface area contributed by atoms with Crippen LogP contribution in [-0.2, 0) is 4.79 Å². The van der Waals surface area contributed by atoms with Gasteiger partial charge in [-0.15, -0.1) is 0 Å². The van der Waals surface area contributed by atoms with E-state index in [1.165, 1.54) is 0 Å². The van der Waals surface area contributed by atoms with Crippen molar-refractivity contribution in [1.82, 2.24) is 0 Å². The summed E-state index contributed by atoms with van der Waals surface area (Å²) in [5.41, 5.74) is 0. The molecule has 1 fully saturated rings. The van der Waals surface area contributed by atoms with E-state index in [-0.39, 0.29) is 0 Å². The van der Waals surface area contributed by atoms with E-state index in [9.17, 15) is 4.79 Å². The molecule has 0 aliphatic heterocycles. The van der Waals surface area contributed by atoms with Gasteiger partial charge in [0.05, 0.1) is 12.0 Å². The maximum absolute atomic E-state index is 10.0. The van der Waals surface area contributed by atoms with E-state index in [4.69, 9.17) is 10.2 Å². The number of aliphatic hydroxyl groups excluding tert-OH is 1. The molecule has 0 radical (unpaired) electrons. The van der Waals surface area contributed by atoms with Gasteiger partial charge in [-0.1, -0.05) is 0 Å². The minimum atomic E-state index is -0.872. The molecule has 0 aromatic heterocycles. The van der Waals surface area contributed by atoms with Crippen LogP contribution in [0.2, 0.25) is 0 Å². The molecule has 1 saturated carbocycles. The van der Waals surface area contributed by atoms with Gasteiger partial charge in [0, 0.05) is 0 Å². The molecule has 2 atom stereocenters. The lowest BCUT2D eigenvalue weighted by atomic mass is 9.82. The molecule has 46 valence electrons. The summed E-state index contributed by atoms with van der Waals surface area (Å²) < 4.78 is 0. The van der Waals surface area contributed by atoms with Crippen LogP contribution in [0.3, 0.4) is 0 Å². The largest absolute Gasteiger partial charge is 0.481 e. The Hall–Kier alpha value is -0.570. The number of hydrogen-bond donors (Lipinski definition) is 2. The molecule has 0 amide bonds. The predicted molar refractivity (Wildman–Crippen MR) is 26.4 cm³/mol. The summed E-state index contributed by atoms with van der Waals surface area (Å²) in [5, 5.41) is 16.9. The van der Waals surface area contributed by atoms with Gasteiger partial charge < -0.3 is 10.2 Å². The topological polar surface area (TPSA) is 57.5 Å². The van der Waals surface area contributed by atoms with Gasteiger partial charge in [-0.3, -0.25) is 4.79 Å². The van der Waals surface area contributed by atoms with Crippen LogP contribution in [-0.4, -0.2) is 22.3 Å². The van der Waals surface area contributed by atoms with Crippen molar-refractivity contribution >= 4 is 5.97 Å². The zero-order chi connectivity index (χ0) is 6.15. The SMILES string of the molecule is O=C(O)[C@H]1CC[C@@H]1O. The second-order valence-electron chi connectivity index (χ2n) is 2.09. The van der Waals surface area contributed by atoms with E-state index in [0.29, 0.717) is 12.8 Å². The molecule has 0 aromatic carbocycles. The average molecular weight is 116 g/mol. The third-order valence-electron chi connectivity index (χ3n) is 1.56. The van der Waals surface area contributed by atoms with Crippen LogP contribution in [0, 0.1) is 5.92 Å². The molecule has 0 saturated heterocycles. The Labute approximate surface area is 46.9 Å². The Kier molecular flexibility index (Phi) is 1.21. The van der Waals surface area contributed by atoms with Crippen LogP contribution in [0.4, 0.5) is 0 Å². The molecule has 1 rings (SSSR count). The van der Waals surface area contributed by atoms with Gasteiger partial charge in [-0.05, 0) is 12.8 Å². The highest BCUT2D eigenvalue weighted by molar-refractivity contribution is 5.71. The molecule has 0 heterocycles. The van der Waals surface area contributed by atoms with Crippen LogP contribution in [0.5, 0.6) is 0 Å². The third kappa shape index (κ3) is 0.690. The maximum atomic E-state index is 10.0. The number of carboxylic acids is 1. The third-order valence-corrected chi connectivity index (χ3v) is 1.56. The lowest BCUT2D eigenvalue weighted by Gasteiger charge is -2.27. The van der Waals surface area contributed by atoms with E-state index in [0.717, 1.165) is 0 Å². The zero-order valence-electron chi connectivity index (χ0n) is 4.37. The Balaban J connectivity index is 2.37. The number of hydrogen-bond acceptors (Lipinski definition) is 2. The summed E-state index contributed by atoms with van der Waals surface area (Å²) >= 11 is 0. The van der Waals surface area contributed by atoms with Gasteiger partial charge in [0.2, 0.25) is 0 Å². The summed E-state index contributed by atoms with van der Waals surface area (Å²) in [6, 6.07) is 0. The standard InChI is InChI=1S/C5H8O3/c6-4-2-1-3(4)5(7)8/h3-4,6H,1-2H2,(H,7,8)/t3-,4-/m0/s1. The number of carboxylic acid groups (broad SMARTS) is 1. The number of rotatable bonds is 1. The number of aliphatic hydroxyl groups is 1. The molecule has 3 heteroatoms. The van der Waals surface area contributed by atoms with E-state index in [1.807, 2.05) is 0 Å². The van der Waals surface area contributed by atoms with Crippen LogP contribution >= 0.6 is 0 Å². The monoisotopic (exact) mass is 116 g/mol. The van der Waals surface area contributed by atoms with Crippen molar-refractivity contribution in [2.75, 3.05) is 0 Å². The fourth-order valence-corrected chi connectivity index (χ4v) is 0.770. The highest BCUT2D eigenvalue weighted by Crippen LogP contribution is 2.26. The van der Waals surface area contributed by atoms with Crippen LogP contribution in [0.25, 0.3) is 0 Å². The van der Waals surface area contributed by atoms with Crippen molar-refractivity contribution in [3.63, 3.8) is 0 Å². The van der Waals surface area contributed by atoms with Gasteiger partial charge in [-0.25, -0.2) is 0 Å². The molecular weight excluding hydrogens is 108 g/mol. The van der Waals surface area contributed by atoms with Crippen molar-refractivity contribution in [2.24, 2.45) is 5.92 Å². The molecule has 0 unspecified atom stereocenters. The molecule has 0 spiro atoms. The Morgan fingerprint density at radius 1 is 1.50 bits per heavy atom. The highest BCUT2D eigenvalue weighted by Gasteiger charge is 2.34. The number of carbonyl (C=O) groups is 1. The fourth-order valence-electron chi connectivity index (χ4n) is 0.770. The van der Waals surface area contributed by atoms with E-state index < -0.39 is 18.0 Å². The number of aliphatic carboxylic acids is 1. The Morgan fingerprint density at radius 3 is 2.12 bits per heavy atom. The predicted octanol–water partition coefficient (Wildman–Crippen LogP) is -0.158. The lowest BCUT2D eigenvalue weighted by molar-refractivity contribution is -0.151. The molecule has 2 N–H and O–H groups in total. The minimum absolute atomic E-state index is 0.477. The molecular formula is C5H8O3. The average Bonchev–Trinajstić information content (AvgIpc) is 1.61. The first-order valence-corrected chi connectivity index (χ1v) is 2.62. The summed E-state index contributed by atoms with van der Waals surface area (Å²) in [5.74, 6) is -1.35. The van der Waals surface area contributed by atoms with Crippen LogP contribution < -0.4 is 0 Å². The van der Waals surface area contributed by atoms with Gasteiger partial charge >= 0.3 is 5.97 Å². The summed E-state index contributed by atoms with van der Waals surface area (Å²) in [6.07, 6.45) is 0.709. The molecule has 8 heavy (non-hydrogen) atoms. The van der Waals surface area contributed by atoms with Crippen molar-refractivity contribution in [1.29, 1.82) is 0 Å². The minimum Gasteiger partial charge on any atom is -0.481 e. The second-order valence-corrected chi connectivity index (χ2v) is 2.09. The summed E-state index contributed by atoms with van der Waals surface area (Å²) in [7, 11) is 0.